The standard InChI is InChI=1S/C23H25N3O3/c1-15-11-12-20(29-5)18(13-15)14-25(4)23(28)22(27)21-16(2)24-26(17(21)3)19-9-7-6-8-10-19/h6-13H,14H2,1-5H3. The van der Waals surface area contributed by atoms with E-state index in [-0.39, 0.29) is 6.54 Å². The molecule has 0 radical (unpaired) electrons. The zero-order chi connectivity index (χ0) is 21.1. The van der Waals surface area contributed by atoms with E-state index in [0.717, 1.165) is 16.8 Å². The van der Waals surface area contributed by atoms with Crippen LogP contribution in [0.5, 0.6) is 5.75 Å². The number of Topliss-reactive ketones (excluding diaryl/α,β-unsaturated/α-hetero) is 1. The van der Waals surface area contributed by atoms with Crippen molar-refractivity contribution in [2.45, 2.75) is 27.3 Å². The summed E-state index contributed by atoms with van der Waals surface area (Å²) >= 11 is 0. The van der Waals surface area contributed by atoms with Crippen molar-refractivity contribution in [3.63, 3.8) is 0 Å². The number of ketones is 1. The molecule has 29 heavy (non-hydrogen) atoms. The lowest BCUT2D eigenvalue weighted by Crippen LogP contribution is -2.33. The van der Waals surface area contributed by atoms with Crippen LogP contribution in [0, 0.1) is 20.8 Å². The first-order valence-corrected chi connectivity index (χ1v) is 9.38. The number of para-hydroxylation sites is 1. The van der Waals surface area contributed by atoms with Gasteiger partial charge in [-0.15, -0.1) is 0 Å². The molecular formula is C23H25N3O3. The van der Waals surface area contributed by atoms with Crippen LogP contribution in [0.4, 0.5) is 0 Å². The lowest BCUT2D eigenvalue weighted by atomic mass is 10.1. The highest BCUT2D eigenvalue weighted by atomic mass is 16.5. The van der Waals surface area contributed by atoms with E-state index in [1.807, 2.05) is 55.5 Å². The molecule has 1 heterocycles. The Bertz CT molecular complexity index is 1050. The third-order valence-electron chi connectivity index (χ3n) is 4.90. The molecule has 0 aliphatic rings. The number of methoxy groups -OCH3 is 1. The minimum atomic E-state index is -0.577. The number of benzene rings is 2. The summed E-state index contributed by atoms with van der Waals surface area (Å²) in [5.74, 6) is -0.448. The smallest absolute Gasteiger partial charge is 0.295 e. The zero-order valence-electron chi connectivity index (χ0n) is 17.4. The van der Waals surface area contributed by atoms with Crippen LogP contribution in [-0.4, -0.2) is 40.5 Å². The average Bonchev–Trinajstić information content (AvgIpc) is 3.01. The highest BCUT2D eigenvalue weighted by molar-refractivity contribution is 6.43. The third kappa shape index (κ3) is 4.06. The van der Waals surface area contributed by atoms with Crippen LogP contribution in [-0.2, 0) is 11.3 Å². The van der Waals surface area contributed by atoms with Crippen molar-refractivity contribution in [3.8, 4) is 11.4 Å². The Balaban J connectivity index is 1.86. The second-order valence-electron chi connectivity index (χ2n) is 7.10. The number of nitrogens with zero attached hydrogens (tertiary/aromatic N) is 3. The highest BCUT2D eigenvalue weighted by Gasteiger charge is 2.27. The molecule has 0 saturated heterocycles. The van der Waals surface area contributed by atoms with Gasteiger partial charge in [0.1, 0.15) is 5.75 Å². The van der Waals surface area contributed by atoms with Gasteiger partial charge in [-0.25, -0.2) is 4.68 Å². The quantitative estimate of drug-likeness (QED) is 0.475. The van der Waals surface area contributed by atoms with Gasteiger partial charge in [0.2, 0.25) is 0 Å². The largest absolute Gasteiger partial charge is 0.496 e. The molecule has 1 aromatic heterocycles. The number of hydrogen-bond donors (Lipinski definition) is 0. The Morgan fingerprint density at radius 2 is 1.76 bits per heavy atom. The predicted octanol–water partition coefficient (Wildman–Crippen LogP) is 3.65. The summed E-state index contributed by atoms with van der Waals surface area (Å²) in [7, 11) is 3.21. The molecule has 2 aromatic carbocycles. The van der Waals surface area contributed by atoms with Crippen LogP contribution in [0.15, 0.2) is 48.5 Å². The second kappa shape index (κ2) is 8.31. The fourth-order valence-corrected chi connectivity index (χ4v) is 3.43. The average molecular weight is 391 g/mol. The van der Waals surface area contributed by atoms with E-state index >= 15 is 0 Å². The van der Waals surface area contributed by atoms with Crippen LogP contribution in [0.2, 0.25) is 0 Å². The van der Waals surface area contributed by atoms with Crippen LogP contribution >= 0.6 is 0 Å². The number of aromatic nitrogens is 2. The number of aryl methyl sites for hydroxylation is 2. The molecule has 0 saturated carbocycles. The Hall–Kier alpha value is -3.41. The summed E-state index contributed by atoms with van der Waals surface area (Å²) in [5.41, 5.74) is 4.28. The number of ether oxygens (including phenoxy) is 1. The minimum Gasteiger partial charge on any atom is -0.496 e. The van der Waals surface area contributed by atoms with Gasteiger partial charge in [-0.05, 0) is 39.0 Å². The molecule has 150 valence electrons. The molecular weight excluding hydrogens is 366 g/mol. The maximum absolute atomic E-state index is 13.0. The lowest BCUT2D eigenvalue weighted by molar-refractivity contribution is -0.125. The highest BCUT2D eigenvalue weighted by Crippen LogP contribution is 2.23. The normalized spacial score (nSPS) is 10.7. The van der Waals surface area contributed by atoms with Crippen molar-refractivity contribution in [2.24, 2.45) is 0 Å². The Kier molecular flexibility index (Phi) is 5.82. The van der Waals surface area contributed by atoms with Crippen LogP contribution in [0.25, 0.3) is 5.69 Å². The molecule has 1 amide bonds. The molecule has 3 rings (SSSR count). The van der Waals surface area contributed by atoms with Crippen molar-refractivity contribution < 1.29 is 14.3 Å². The van der Waals surface area contributed by atoms with Gasteiger partial charge >= 0.3 is 0 Å². The molecule has 0 N–H and O–H groups in total. The van der Waals surface area contributed by atoms with Gasteiger partial charge in [-0.1, -0.05) is 35.9 Å². The molecule has 0 unspecified atom stereocenters. The predicted molar refractivity (Wildman–Crippen MR) is 112 cm³/mol. The molecule has 0 fully saturated rings. The molecule has 3 aromatic rings. The maximum atomic E-state index is 13.0. The van der Waals surface area contributed by atoms with Crippen LogP contribution in [0.3, 0.4) is 0 Å². The molecule has 0 aliphatic heterocycles. The Labute approximate surface area is 170 Å². The fraction of sp³-hybridized carbons (Fsp3) is 0.261. The first-order chi connectivity index (χ1) is 13.8. The van der Waals surface area contributed by atoms with E-state index in [4.69, 9.17) is 4.74 Å². The molecule has 6 heteroatoms. The summed E-state index contributed by atoms with van der Waals surface area (Å²) in [6.45, 7) is 5.80. The van der Waals surface area contributed by atoms with Crippen molar-refractivity contribution in [3.05, 3.63) is 76.6 Å². The summed E-state index contributed by atoms with van der Waals surface area (Å²) in [6.07, 6.45) is 0. The molecule has 0 bridgehead atoms. The topological polar surface area (TPSA) is 64.4 Å². The molecule has 0 atom stereocenters. The first kappa shape index (κ1) is 20.3. The number of carbonyl (C=O) groups is 2. The first-order valence-electron chi connectivity index (χ1n) is 9.38. The van der Waals surface area contributed by atoms with Crippen molar-refractivity contribution in [1.82, 2.24) is 14.7 Å². The van der Waals surface area contributed by atoms with Crippen LogP contribution in [0.1, 0.15) is 32.9 Å². The second-order valence-corrected chi connectivity index (χ2v) is 7.10. The summed E-state index contributed by atoms with van der Waals surface area (Å²) in [4.78, 5) is 27.3. The fourth-order valence-electron chi connectivity index (χ4n) is 3.43. The van der Waals surface area contributed by atoms with Gasteiger partial charge in [0.25, 0.3) is 11.7 Å². The number of carbonyl (C=O) groups excluding carboxylic acids is 2. The summed E-state index contributed by atoms with van der Waals surface area (Å²) < 4.78 is 7.07. The number of hydrogen-bond acceptors (Lipinski definition) is 4. The SMILES string of the molecule is COc1ccc(C)cc1CN(C)C(=O)C(=O)c1c(C)nn(-c2ccccc2)c1C. The monoisotopic (exact) mass is 391 g/mol. The number of amides is 1. The van der Waals surface area contributed by atoms with E-state index in [0.29, 0.717) is 22.7 Å². The van der Waals surface area contributed by atoms with Gasteiger partial charge in [0.15, 0.2) is 0 Å². The van der Waals surface area contributed by atoms with E-state index < -0.39 is 11.7 Å². The zero-order valence-corrected chi connectivity index (χ0v) is 17.4. The number of likely N-dealkylation sites (N-methyl/N-ethyl adjacent to an activating group) is 1. The van der Waals surface area contributed by atoms with Crippen molar-refractivity contribution >= 4 is 11.7 Å². The van der Waals surface area contributed by atoms with Gasteiger partial charge in [-0.3, -0.25) is 9.59 Å². The molecule has 0 spiro atoms. The van der Waals surface area contributed by atoms with E-state index in [1.54, 1.807) is 32.7 Å². The molecule has 6 nitrogen and oxygen atoms in total. The van der Waals surface area contributed by atoms with Gasteiger partial charge in [-0.2, -0.15) is 5.10 Å². The van der Waals surface area contributed by atoms with Gasteiger partial charge in [0, 0.05) is 19.2 Å². The number of rotatable bonds is 6. The van der Waals surface area contributed by atoms with Gasteiger partial charge < -0.3 is 9.64 Å². The van der Waals surface area contributed by atoms with E-state index in [2.05, 4.69) is 5.10 Å². The lowest BCUT2D eigenvalue weighted by Gasteiger charge is -2.18. The van der Waals surface area contributed by atoms with Crippen molar-refractivity contribution in [1.29, 1.82) is 0 Å². The third-order valence-corrected chi connectivity index (χ3v) is 4.90. The maximum Gasteiger partial charge on any atom is 0.295 e. The Morgan fingerprint density at radius 3 is 2.41 bits per heavy atom. The van der Waals surface area contributed by atoms with Crippen LogP contribution < -0.4 is 4.74 Å². The Morgan fingerprint density at radius 1 is 1.07 bits per heavy atom. The minimum absolute atomic E-state index is 0.278. The van der Waals surface area contributed by atoms with Crippen molar-refractivity contribution in [2.75, 3.05) is 14.2 Å². The summed E-state index contributed by atoms with van der Waals surface area (Å²) in [5, 5.41) is 4.47. The summed E-state index contributed by atoms with van der Waals surface area (Å²) in [6, 6.07) is 15.3. The van der Waals surface area contributed by atoms with Gasteiger partial charge in [0.05, 0.1) is 29.7 Å². The van der Waals surface area contributed by atoms with E-state index in [9.17, 15) is 9.59 Å². The van der Waals surface area contributed by atoms with E-state index in [1.165, 1.54) is 4.90 Å². The molecule has 0 aliphatic carbocycles.